The Balaban J connectivity index is 1.94. The first-order valence-corrected chi connectivity index (χ1v) is 4.71. The molecule has 2 bridgehead atoms. The van der Waals surface area contributed by atoms with Crippen molar-refractivity contribution in [3.8, 4) is 0 Å². The van der Waals surface area contributed by atoms with Gasteiger partial charge in [0.05, 0.1) is 0 Å². The van der Waals surface area contributed by atoms with Crippen molar-refractivity contribution in [3.05, 3.63) is 0 Å². The van der Waals surface area contributed by atoms with Crippen LogP contribution in [0.2, 0.25) is 0 Å². The summed E-state index contributed by atoms with van der Waals surface area (Å²) in [7, 11) is 0. The molecule has 0 aromatic carbocycles. The summed E-state index contributed by atoms with van der Waals surface area (Å²) in [6, 6.07) is 0. The standard InChI is InChI=1S/C9H17NO/c11-7-9-2-4-10-3-1-8(5-9)6-10/h8-9,11H,1-7H2. The quantitative estimate of drug-likeness (QED) is 0.603. The van der Waals surface area contributed by atoms with E-state index in [9.17, 15) is 0 Å². The second-order valence-corrected chi connectivity index (χ2v) is 4.03. The van der Waals surface area contributed by atoms with E-state index in [2.05, 4.69) is 4.90 Å². The molecule has 0 saturated carbocycles. The summed E-state index contributed by atoms with van der Waals surface area (Å²) >= 11 is 0. The average molecular weight is 155 g/mol. The molecule has 1 N–H and O–H groups in total. The molecular formula is C9H17NO. The smallest absolute Gasteiger partial charge is 0.0459 e. The molecule has 2 saturated heterocycles. The molecule has 64 valence electrons. The van der Waals surface area contributed by atoms with Crippen LogP contribution in [0.4, 0.5) is 0 Å². The van der Waals surface area contributed by atoms with Crippen LogP contribution < -0.4 is 0 Å². The van der Waals surface area contributed by atoms with E-state index in [0.29, 0.717) is 12.5 Å². The van der Waals surface area contributed by atoms with Gasteiger partial charge in [0, 0.05) is 13.2 Å². The van der Waals surface area contributed by atoms with Gasteiger partial charge >= 0.3 is 0 Å². The number of hydrogen-bond donors (Lipinski definition) is 1. The predicted octanol–water partition coefficient (Wildman–Crippen LogP) is 0.711. The first kappa shape index (κ1) is 7.56. The van der Waals surface area contributed by atoms with E-state index in [0.717, 1.165) is 5.92 Å². The SMILES string of the molecule is OCC1CCN2CCC(C1)C2. The lowest BCUT2D eigenvalue weighted by Gasteiger charge is -2.17. The van der Waals surface area contributed by atoms with E-state index in [4.69, 9.17) is 5.11 Å². The summed E-state index contributed by atoms with van der Waals surface area (Å²) in [4.78, 5) is 2.54. The van der Waals surface area contributed by atoms with Gasteiger partial charge < -0.3 is 10.0 Å². The molecule has 2 heterocycles. The van der Waals surface area contributed by atoms with Crippen molar-refractivity contribution < 1.29 is 5.11 Å². The molecule has 2 aliphatic heterocycles. The minimum absolute atomic E-state index is 0.407. The molecule has 2 aliphatic rings. The van der Waals surface area contributed by atoms with Crippen LogP contribution in [-0.4, -0.2) is 36.2 Å². The Morgan fingerprint density at radius 2 is 2.09 bits per heavy atom. The molecule has 0 radical (unpaired) electrons. The van der Waals surface area contributed by atoms with Crippen LogP contribution in [0.5, 0.6) is 0 Å². The zero-order chi connectivity index (χ0) is 7.68. The second-order valence-electron chi connectivity index (χ2n) is 4.03. The molecule has 2 fully saturated rings. The first-order chi connectivity index (χ1) is 5.38. The zero-order valence-electron chi connectivity index (χ0n) is 7.00. The molecule has 3 unspecified atom stereocenters. The highest BCUT2D eigenvalue weighted by molar-refractivity contribution is 4.82. The van der Waals surface area contributed by atoms with Gasteiger partial charge in [-0.1, -0.05) is 0 Å². The van der Waals surface area contributed by atoms with Crippen molar-refractivity contribution in [2.45, 2.75) is 19.3 Å². The van der Waals surface area contributed by atoms with E-state index in [1.165, 1.54) is 38.9 Å². The average Bonchev–Trinajstić information content (AvgIpc) is 2.31. The zero-order valence-corrected chi connectivity index (χ0v) is 7.00. The third-order valence-corrected chi connectivity index (χ3v) is 3.15. The maximum atomic E-state index is 9.03. The van der Waals surface area contributed by atoms with Gasteiger partial charge in [-0.3, -0.25) is 0 Å². The summed E-state index contributed by atoms with van der Waals surface area (Å²) in [6.07, 6.45) is 3.86. The Morgan fingerprint density at radius 1 is 1.27 bits per heavy atom. The number of hydrogen-bond acceptors (Lipinski definition) is 2. The monoisotopic (exact) mass is 155 g/mol. The number of nitrogens with zero attached hydrogens (tertiary/aromatic N) is 1. The van der Waals surface area contributed by atoms with Crippen molar-refractivity contribution >= 4 is 0 Å². The van der Waals surface area contributed by atoms with E-state index in [1.54, 1.807) is 0 Å². The van der Waals surface area contributed by atoms with Crippen molar-refractivity contribution in [2.24, 2.45) is 11.8 Å². The molecular weight excluding hydrogens is 138 g/mol. The highest BCUT2D eigenvalue weighted by atomic mass is 16.3. The molecule has 0 aromatic rings. The van der Waals surface area contributed by atoms with Gasteiger partial charge in [-0.2, -0.15) is 0 Å². The van der Waals surface area contributed by atoms with Gasteiger partial charge in [0.25, 0.3) is 0 Å². The van der Waals surface area contributed by atoms with E-state index >= 15 is 0 Å². The Bertz CT molecular complexity index is 138. The Kier molecular flexibility index (Phi) is 2.14. The van der Waals surface area contributed by atoms with Gasteiger partial charge in [-0.05, 0) is 44.2 Å². The maximum absolute atomic E-state index is 9.03. The minimum Gasteiger partial charge on any atom is -0.396 e. The summed E-state index contributed by atoms with van der Waals surface area (Å²) in [5, 5.41) is 9.03. The minimum atomic E-state index is 0.407. The topological polar surface area (TPSA) is 23.5 Å². The van der Waals surface area contributed by atoms with E-state index < -0.39 is 0 Å². The van der Waals surface area contributed by atoms with Crippen molar-refractivity contribution in [2.75, 3.05) is 26.2 Å². The van der Waals surface area contributed by atoms with Gasteiger partial charge in [0.15, 0.2) is 0 Å². The van der Waals surface area contributed by atoms with Crippen molar-refractivity contribution in [1.29, 1.82) is 0 Å². The summed E-state index contributed by atoms with van der Waals surface area (Å²) in [6.45, 7) is 4.24. The van der Waals surface area contributed by atoms with Gasteiger partial charge in [-0.25, -0.2) is 0 Å². The Labute approximate surface area is 68.2 Å². The molecule has 0 spiro atoms. The largest absolute Gasteiger partial charge is 0.396 e. The van der Waals surface area contributed by atoms with Crippen LogP contribution >= 0.6 is 0 Å². The second kappa shape index (κ2) is 3.11. The molecule has 0 aromatic heterocycles. The van der Waals surface area contributed by atoms with E-state index in [1.807, 2.05) is 0 Å². The Morgan fingerprint density at radius 3 is 2.91 bits per heavy atom. The Hall–Kier alpha value is -0.0800. The predicted molar refractivity (Wildman–Crippen MR) is 44.4 cm³/mol. The molecule has 0 amide bonds. The summed E-state index contributed by atoms with van der Waals surface area (Å²) in [5.41, 5.74) is 0. The molecule has 11 heavy (non-hydrogen) atoms. The molecule has 0 aliphatic carbocycles. The normalized spacial score (nSPS) is 43.9. The lowest BCUT2D eigenvalue weighted by molar-refractivity contribution is 0.194. The molecule has 2 nitrogen and oxygen atoms in total. The van der Waals surface area contributed by atoms with Gasteiger partial charge in [0.2, 0.25) is 0 Å². The van der Waals surface area contributed by atoms with Crippen LogP contribution in [-0.2, 0) is 0 Å². The van der Waals surface area contributed by atoms with Gasteiger partial charge in [0.1, 0.15) is 0 Å². The highest BCUT2D eigenvalue weighted by Crippen LogP contribution is 2.29. The van der Waals surface area contributed by atoms with Gasteiger partial charge in [-0.15, -0.1) is 0 Å². The first-order valence-electron chi connectivity index (χ1n) is 4.71. The summed E-state index contributed by atoms with van der Waals surface area (Å²) < 4.78 is 0. The number of rotatable bonds is 1. The lowest BCUT2D eigenvalue weighted by atomic mass is 9.93. The molecule has 2 rings (SSSR count). The summed E-state index contributed by atoms with van der Waals surface area (Å²) in [5.74, 6) is 1.50. The highest BCUT2D eigenvalue weighted by Gasteiger charge is 2.28. The number of aliphatic hydroxyl groups excluding tert-OH is 1. The maximum Gasteiger partial charge on any atom is 0.0459 e. The van der Waals surface area contributed by atoms with Crippen LogP contribution in [0, 0.1) is 11.8 Å². The van der Waals surface area contributed by atoms with Crippen LogP contribution in [0.3, 0.4) is 0 Å². The van der Waals surface area contributed by atoms with E-state index in [-0.39, 0.29) is 0 Å². The third-order valence-electron chi connectivity index (χ3n) is 3.15. The number of aliphatic hydroxyl groups is 1. The fraction of sp³-hybridized carbons (Fsp3) is 1.00. The van der Waals surface area contributed by atoms with Crippen LogP contribution in [0.15, 0.2) is 0 Å². The fourth-order valence-electron chi connectivity index (χ4n) is 2.43. The van der Waals surface area contributed by atoms with Crippen molar-refractivity contribution in [3.63, 3.8) is 0 Å². The molecule has 3 atom stereocenters. The van der Waals surface area contributed by atoms with Crippen LogP contribution in [0.1, 0.15) is 19.3 Å². The fourth-order valence-corrected chi connectivity index (χ4v) is 2.43. The molecule has 2 heteroatoms. The van der Waals surface area contributed by atoms with Crippen LogP contribution in [0.25, 0.3) is 0 Å². The lowest BCUT2D eigenvalue weighted by Crippen LogP contribution is -2.21. The number of fused-ring (bicyclic) bond motifs is 2. The third kappa shape index (κ3) is 1.57. The van der Waals surface area contributed by atoms with Crippen molar-refractivity contribution in [1.82, 2.24) is 4.90 Å².